The van der Waals surface area contributed by atoms with Crippen molar-refractivity contribution in [2.75, 3.05) is 4.90 Å². The van der Waals surface area contributed by atoms with E-state index in [1.165, 1.54) is 84.9 Å². The Labute approximate surface area is 309 Å². The van der Waals surface area contributed by atoms with E-state index in [1.54, 1.807) is 0 Å². The maximum Gasteiger partial charge on any atom is 0.0543 e. The van der Waals surface area contributed by atoms with Crippen molar-refractivity contribution in [3.8, 4) is 33.4 Å². The third kappa shape index (κ3) is 5.21. The Kier molecular flexibility index (Phi) is 7.39. The molecule has 0 saturated carbocycles. The fraction of sp³-hybridized carbons (Fsp3) is 0.216. The van der Waals surface area contributed by atoms with Gasteiger partial charge in [-0.2, -0.15) is 0 Å². The van der Waals surface area contributed by atoms with Gasteiger partial charge in [0, 0.05) is 22.4 Å². The molecule has 0 atom stereocenters. The largest absolute Gasteiger partial charge is 0.310 e. The zero-order chi connectivity index (χ0) is 35.8. The predicted octanol–water partition coefficient (Wildman–Crippen LogP) is 14.3. The molecule has 9 rings (SSSR count). The normalized spacial score (nSPS) is 16.2. The molecule has 1 nitrogen and oxygen atoms in total. The van der Waals surface area contributed by atoms with Gasteiger partial charge in [-0.1, -0.05) is 151 Å². The molecule has 0 aromatic heterocycles. The smallest absolute Gasteiger partial charge is 0.0543 e. The SMILES string of the molecule is CC1(C)CCC(C)(C)c2cc(-c3cc4c(cc3N(c3ccccc3)c3ccc(-c5ccc6ccccc6c5)cc3)C(C)(C)c3ccccc3-4)ccc21. The first-order chi connectivity index (χ1) is 25.0. The molecule has 1 heteroatoms. The minimum absolute atomic E-state index is 0.115. The Morgan fingerprint density at radius 2 is 1.00 bits per heavy atom. The van der Waals surface area contributed by atoms with E-state index < -0.39 is 0 Å². The monoisotopic (exact) mass is 673 g/mol. The molecule has 7 aromatic rings. The Hall–Kier alpha value is -5.40. The van der Waals surface area contributed by atoms with Crippen LogP contribution in [0.2, 0.25) is 0 Å². The van der Waals surface area contributed by atoms with Crippen LogP contribution in [0.15, 0.2) is 152 Å². The molecule has 0 heterocycles. The summed E-state index contributed by atoms with van der Waals surface area (Å²) >= 11 is 0. The number of nitrogens with zero attached hydrogens (tertiary/aromatic N) is 1. The minimum atomic E-state index is -0.122. The van der Waals surface area contributed by atoms with E-state index in [9.17, 15) is 0 Å². The predicted molar refractivity (Wildman–Crippen MR) is 222 cm³/mol. The molecule has 0 aliphatic heterocycles. The highest BCUT2D eigenvalue weighted by Crippen LogP contribution is 2.54. The average molecular weight is 674 g/mol. The number of fused-ring (bicyclic) bond motifs is 5. The Morgan fingerprint density at radius 3 is 1.77 bits per heavy atom. The van der Waals surface area contributed by atoms with Crippen molar-refractivity contribution in [2.24, 2.45) is 0 Å². The molecule has 0 bridgehead atoms. The van der Waals surface area contributed by atoms with E-state index in [4.69, 9.17) is 0 Å². The second-order valence-corrected chi connectivity index (χ2v) is 16.9. The maximum atomic E-state index is 2.53. The van der Waals surface area contributed by atoms with Crippen LogP contribution in [0.3, 0.4) is 0 Å². The van der Waals surface area contributed by atoms with Gasteiger partial charge in [0.1, 0.15) is 0 Å². The number of anilines is 3. The van der Waals surface area contributed by atoms with Gasteiger partial charge in [0.25, 0.3) is 0 Å². The summed E-state index contributed by atoms with van der Waals surface area (Å²) in [7, 11) is 0. The van der Waals surface area contributed by atoms with E-state index >= 15 is 0 Å². The summed E-state index contributed by atoms with van der Waals surface area (Å²) in [6.07, 6.45) is 2.40. The summed E-state index contributed by atoms with van der Waals surface area (Å²) in [6, 6.07) is 56.8. The number of hydrogen-bond donors (Lipinski definition) is 0. The molecule has 256 valence electrons. The summed E-state index contributed by atoms with van der Waals surface area (Å²) in [6.45, 7) is 14.5. The fourth-order valence-corrected chi connectivity index (χ4v) is 9.08. The lowest BCUT2D eigenvalue weighted by molar-refractivity contribution is 0.332. The van der Waals surface area contributed by atoms with Gasteiger partial charge in [0.05, 0.1) is 5.69 Å². The Morgan fingerprint density at radius 1 is 0.385 bits per heavy atom. The zero-order valence-electron chi connectivity index (χ0n) is 31.3. The van der Waals surface area contributed by atoms with E-state index in [0.29, 0.717) is 0 Å². The van der Waals surface area contributed by atoms with Crippen molar-refractivity contribution in [2.45, 2.75) is 70.6 Å². The fourth-order valence-electron chi connectivity index (χ4n) is 9.08. The quantitative estimate of drug-likeness (QED) is 0.176. The van der Waals surface area contributed by atoms with Gasteiger partial charge in [0.2, 0.25) is 0 Å². The van der Waals surface area contributed by atoms with Crippen molar-refractivity contribution >= 4 is 27.8 Å². The van der Waals surface area contributed by atoms with E-state index in [1.807, 2.05) is 0 Å². The van der Waals surface area contributed by atoms with Crippen molar-refractivity contribution in [1.82, 2.24) is 0 Å². The first-order valence-electron chi connectivity index (χ1n) is 18.9. The Balaban J connectivity index is 1.27. The topological polar surface area (TPSA) is 3.24 Å². The molecule has 0 unspecified atom stereocenters. The highest BCUT2D eigenvalue weighted by atomic mass is 15.1. The second-order valence-electron chi connectivity index (χ2n) is 16.9. The van der Waals surface area contributed by atoms with Crippen LogP contribution < -0.4 is 4.90 Å². The van der Waals surface area contributed by atoms with Crippen molar-refractivity contribution in [3.05, 3.63) is 174 Å². The van der Waals surface area contributed by atoms with Crippen molar-refractivity contribution in [1.29, 1.82) is 0 Å². The second kappa shape index (κ2) is 11.8. The van der Waals surface area contributed by atoms with Crippen LogP contribution in [0.1, 0.15) is 76.6 Å². The summed E-state index contributed by atoms with van der Waals surface area (Å²) in [4.78, 5) is 2.48. The highest BCUT2D eigenvalue weighted by molar-refractivity contribution is 5.95. The lowest BCUT2D eigenvalue weighted by Gasteiger charge is -2.42. The standard InChI is InChI=1S/C51H47N/c1-49(2)28-29-50(3,4)47-31-38(24-27-45(47)49)42-32-43-41-18-12-13-19-44(41)51(5,6)46(43)33-48(42)52(39-16-8-7-9-17-39)40-25-22-35(23-26-40)37-21-20-34-14-10-11-15-36(34)30-37/h7-27,30-33H,28-29H2,1-6H3. The molecule has 52 heavy (non-hydrogen) atoms. The van der Waals surface area contributed by atoms with Gasteiger partial charge >= 0.3 is 0 Å². The Bertz CT molecular complexity index is 2480. The molecule has 0 amide bonds. The van der Waals surface area contributed by atoms with Crippen LogP contribution in [0.4, 0.5) is 17.1 Å². The van der Waals surface area contributed by atoms with Crippen LogP contribution in [0.25, 0.3) is 44.2 Å². The molecule has 0 radical (unpaired) electrons. The van der Waals surface area contributed by atoms with Gasteiger partial charge in [-0.05, 0) is 127 Å². The third-order valence-electron chi connectivity index (χ3n) is 12.3. The van der Waals surface area contributed by atoms with Crippen molar-refractivity contribution in [3.63, 3.8) is 0 Å². The summed E-state index contributed by atoms with van der Waals surface area (Å²) in [5.74, 6) is 0. The molecule has 2 aliphatic rings. The molecule has 2 aliphatic carbocycles. The average Bonchev–Trinajstić information content (AvgIpc) is 3.39. The van der Waals surface area contributed by atoms with Crippen LogP contribution in [-0.2, 0) is 16.2 Å². The van der Waals surface area contributed by atoms with Gasteiger partial charge in [-0.15, -0.1) is 0 Å². The summed E-state index contributed by atoms with van der Waals surface area (Å²) in [5.41, 5.74) is 17.1. The third-order valence-corrected chi connectivity index (χ3v) is 12.3. The number of benzene rings is 7. The maximum absolute atomic E-state index is 2.53. The number of rotatable bonds is 5. The van der Waals surface area contributed by atoms with Crippen LogP contribution in [0, 0.1) is 0 Å². The van der Waals surface area contributed by atoms with E-state index in [-0.39, 0.29) is 16.2 Å². The molecular formula is C51H47N. The van der Waals surface area contributed by atoms with Gasteiger partial charge < -0.3 is 4.90 Å². The van der Waals surface area contributed by atoms with Crippen LogP contribution in [-0.4, -0.2) is 0 Å². The number of para-hydroxylation sites is 1. The summed E-state index contributed by atoms with van der Waals surface area (Å²) < 4.78 is 0. The van der Waals surface area contributed by atoms with Crippen LogP contribution in [0.5, 0.6) is 0 Å². The molecule has 0 fully saturated rings. The lowest BCUT2D eigenvalue weighted by Crippen LogP contribution is -2.33. The van der Waals surface area contributed by atoms with Crippen molar-refractivity contribution < 1.29 is 0 Å². The lowest BCUT2D eigenvalue weighted by atomic mass is 9.63. The van der Waals surface area contributed by atoms with E-state index in [2.05, 4.69) is 198 Å². The van der Waals surface area contributed by atoms with E-state index in [0.717, 1.165) is 11.4 Å². The molecule has 0 saturated heterocycles. The first kappa shape index (κ1) is 32.5. The summed E-state index contributed by atoms with van der Waals surface area (Å²) in [5, 5.41) is 2.53. The highest BCUT2D eigenvalue weighted by Gasteiger charge is 2.39. The minimum Gasteiger partial charge on any atom is -0.310 e. The van der Waals surface area contributed by atoms with Gasteiger partial charge in [-0.3, -0.25) is 0 Å². The molecular weight excluding hydrogens is 627 g/mol. The molecule has 0 N–H and O–H groups in total. The molecule has 0 spiro atoms. The van der Waals surface area contributed by atoms with Gasteiger partial charge in [0.15, 0.2) is 0 Å². The molecule has 7 aromatic carbocycles. The van der Waals surface area contributed by atoms with Crippen LogP contribution >= 0.6 is 0 Å². The first-order valence-corrected chi connectivity index (χ1v) is 18.9. The number of hydrogen-bond acceptors (Lipinski definition) is 1. The zero-order valence-corrected chi connectivity index (χ0v) is 31.3. The van der Waals surface area contributed by atoms with Gasteiger partial charge in [-0.25, -0.2) is 0 Å².